The SMILES string of the molecule is CC1(C)OB(C(=Cc2cnn(-c3ccc(Cl)nn3)c2)CNC(=O)OCC2c3ccccc3-c3ccccc32)OC1(C)C. The maximum Gasteiger partial charge on any atom is 0.492 e. The van der Waals surface area contributed by atoms with E-state index in [4.69, 9.17) is 25.6 Å². The zero-order valence-electron chi connectivity index (χ0n) is 23.9. The smallest absolute Gasteiger partial charge is 0.449 e. The van der Waals surface area contributed by atoms with Gasteiger partial charge in [-0.05, 0) is 67.6 Å². The van der Waals surface area contributed by atoms with E-state index in [0.29, 0.717) is 16.4 Å². The van der Waals surface area contributed by atoms with Crippen molar-refractivity contribution in [3.8, 4) is 16.9 Å². The average molecular weight is 584 g/mol. The molecule has 2 aromatic carbocycles. The van der Waals surface area contributed by atoms with Crippen LogP contribution in [0.2, 0.25) is 5.15 Å². The number of hydrogen-bond donors (Lipinski definition) is 1. The van der Waals surface area contributed by atoms with Crippen LogP contribution in [0.1, 0.15) is 50.3 Å². The van der Waals surface area contributed by atoms with E-state index >= 15 is 0 Å². The zero-order valence-corrected chi connectivity index (χ0v) is 24.6. The number of benzene rings is 2. The topological polar surface area (TPSA) is 100 Å². The molecule has 0 bridgehead atoms. The second kappa shape index (κ2) is 11.0. The molecule has 42 heavy (non-hydrogen) atoms. The number of nitrogens with zero attached hydrogens (tertiary/aromatic N) is 4. The zero-order chi connectivity index (χ0) is 29.5. The van der Waals surface area contributed by atoms with E-state index in [2.05, 4.69) is 44.9 Å². The third-order valence-corrected chi connectivity index (χ3v) is 8.35. The number of rotatable bonds is 7. The van der Waals surface area contributed by atoms with Crippen LogP contribution >= 0.6 is 11.6 Å². The van der Waals surface area contributed by atoms with E-state index in [9.17, 15) is 4.79 Å². The number of halogens is 1. The van der Waals surface area contributed by atoms with Gasteiger partial charge >= 0.3 is 13.2 Å². The van der Waals surface area contributed by atoms with Crippen LogP contribution < -0.4 is 5.32 Å². The summed E-state index contributed by atoms with van der Waals surface area (Å²) in [5.74, 6) is 0.496. The van der Waals surface area contributed by atoms with Crippen molar-refractivity contribution in [2.24, 2.45) is 0 Å². The van der Waals surface area contributed by atoms with Crippen LogP contribution in [-0.2, 0) is 14.0 Å². The van der Waals surface area contributed by atoms with Gasteiger partial charge in [-0.15, -0.1) is 10.2 Å². The lowest BCUT2D eigenvalue weighted by atomic mass is 9.77. The van der Waals surface area contributed by atoms with Crippen molar-refractivity contribution in [1.29, 1.82) is 0 Å². The molecular formula is C31H31BClN5O4. The van der Waals surface area contributed by atoms with Gasteiger partial charge < -0.3 is 19.4 Å². The number of ether oxygens (including phenoxy) is 1. The van der Waals surface area contributed by atoms with E-state index in [1.54, 1.807) is 29.2 Å². The van der Waals surface area contributed by atoms with E-state index in [1.165, 1.54) is 11.1 Å². The second-order valence-electron chi connectivity index (χ2n) is 11.4. The predicted molar refractivity (Wildman–Crippen MR) is 161 cm³/mol. The summed E-state index contributed by atoms with van der Waals surface area (Å²) >= 11 is 5.87. The van der Waals surface area contributed by atoms with Gasteiger partial charge in [0.2, 0.25) is 0 Å². The second-order valence-corrected chi connectivity index (χ2v) is 11.8. The fourth-order valence-corrected chi connectivity index (χ4v) is 5.30. The minimum atomic E-state index is -0.678. The van der Waals surface area contributed by atoms with Crippen LogP contribution in [0.25, 0.3) is 23.0 Å². The minimum absolute atomic E-state index is 0.0249. The standard InChI is InChI=1S/C31H31BClN5O4/c1-30(2)31(3,4)42-32(41-30)21(15-20-16-35-38(18-20)28-14-13-27(33)36-37-28)17-34-29(39)40-19-26-24-11-7-5-9-22(24)23-10-6-8-12-25(23)26/h5-16,18,26H,17,19H2,1-4H3,(H,34,39). The number of alkyl carbamates (subject to hydrolysis) is 1. The molecule has 0 saturated carbocycles. The highest BCUT2D eigenvalue weighted by Gasteiger charge is 2.52. The largest absolute Gasteiger partial charge is 0.492 e. The van der Waals surface area contributed by atoms with Crippen LogP contribution in [-0.4, -0.2) is 57.5 Å². The van der Waals surface area contributed by atoms with Gasteiger partial charge in [-0.3, -0.25) is 0 Å². The van der Waals surface area contributed by atoms with E-state index in [1.807, 2.05) is 58.0 Å². The van der Waals surface area contributed by atoms with Crippen LogP contribution in [0.4, 0.5) is 4.79 Å². The first-order valence-electron chi connectivity index (χ1n) is 13.8. The molecular weight excluding hydrogens is 553 g/mol. The normalized spacial score (nSPS) is 17.2. The van der Waals surface area contributed by atoms with Crippen LogP contribution in [0.3, 0.4) is 0 Å². The van der Waals surface area contributed by atoms with E-state index in [-0.39, 0.29) is 19.1 Å². The van der Waals surface area contributed by atoms with Gasteiger partial charge in [0.05, 0.1) is 17.4 Å². The summed E-state index contributed by atoms with van der Waals surface area (Å²) in [6.45, 7) is 8.33. The maximum absolute atomic E-state index is 13.0. The van der Waals surface area contributed by atoms with Gasteiger partial charge in [0.1, 0.15) is 6.61 Å². The highest BCUT2D eigenvalue weighted by molar-refractivity contribution is 6.56. The summed E-state index contributed by atoms with van der Waals surface area (Å²) in [6.07, 6.45) is 4.86. The van der Waals surface area contributed by atoms with Crippen molar-refractivity contribution in [1.82, 2.24) is 25.3 Å². The Hall–Kier alpha value is -3.99. The fraction of sp³-hybridized carbons (Fsp3) is 0.290. The van der Waals surface area contributed by atoms with E-state index in [0.717, 1.165) is 16.7 Å². The molecule has 1 fully saturated rings. The molecule has 4 aromatic rings. The van der Waals surface area contributed by atoms with Crippen LogP contribution in [0.15, 0.2) is 78.5 Å². The summed E-state index contributed by atoms with van der Waals surface area (Å²) in [5, 5.41) is 15.5. The van der Waals surface area contributed by atoms with E-state index < -0.39 is 24.4 Å². The Balaban J connectivity index is 1.18. The lowest BCUT2D eigenvalue weighted by Gasteiger charge is -2.32. The number of carbonyl (C=O) groups is 1. The van der Waals surface area contributed by atoms with Crippen molar-refractivity contribution in [2.45, 2.75) is 44.8 Å². The van der Waals surface area contributed by atoms with Crippen molar-refractivity contribution >= 4 is 30.9 Å². The van der Waals surface area contributed by atoms with Gasteiger partial charge in [0.15, 0.2) is 11.0 Å². The Morgan fingerprint density at radius 1 is 1.00 bits per heavy atom. The van der Waals surface area contributed by atoms with Gasteiger partial charge in [-0.1, -0.05) is 66.2 Å². The molecule has 0 radical (unpaired) electrons. The summed E-state index contributed by atoms with van der Waals surface area (Å²) in [5.41, 5.74) is 5.05. The summed E-state index contributed by atoms with van der Waals surface area (Å²) < 4.78 is 20.0. The number of aromatic nitrogens is 4. The first-order chi connectivity index (χ1) is 20.1. The quantitative estimate of drug-likeness (QED) is 0.272. The van der Waals surface area contributed by atoms with Crippen molar-refractivity contribution in [3.05, 3.63) is 100 Å². The number of carbonyl (C=O) groups excluding carboxylic acids is 1. The van der Waals surface area contributed by atoms with Crippen LogP contribution in [0.5, 0.6) is 0 Å². The highest BCUT2D eigenvalue weighted by atomic mass is 35.5. The summed E-state index contributed by atoms with van der Waals surface area (Å²) in [7, 11) is -0.678. The van der Waals surface area contributed by atoms with Crippen molar-refractivity contribution in [2.75, 3.05) is 13.2 Å². The third-order valence-electron chi connectivity index (χ3n) is 8.14. The summed E-state index contributed by atoms with van der Waals surface area (Å²) in [6, 6.07) is 19.9. The molecule has 1 aliphatic carbocycles. The molecule has 0 atom stereocenters. The third kappa shape index (κ3) is 5.45. The number of amides is 1. The number of nitrogens with one attached hydrogen (secondary N) is 1. The monoisotopic (exact) mass is 583 g/mol. The molecule has 3 heterocycles. The Bertz CT molecular complexity index is 1590. The fourth-order valence-electron chi connectivity index (χ4n) is 5.20. The molecule has 1 amide bonds. The first kappa shape index (κ1) is 28.1. The lowest BCUT2D eigenvalue weighted by molar-refractivity contribution is 0.00578. The molecule has 1 N–H and O–H groups in total. The molecule has 214 valence electrons. The Labute approximate surface area is 250 Å². The highest BCUT2D eigenvalue weighted by Crippen LogP contribution is 2.44. The van der Waals surface area contributed by atoms with Gasteiger partial charge in [-0.25, -0.2) is 9.48 Å². The predicted octanol–water partition coefficient (Wildman–Crippen LogP) is 5.87. The molecule has 0 unspecified atom stereocenters. The molecule has 9 nitrogen and oxygen atoms in total. The molecule has 2 aliphatic rings. The Morgan fingerprint density at radius 2 is 1.64 bits per heavy atom. The molecule has 1 saturated heterocycles. The van der Waals surface area contributed by atoms with Crippen LogP contribution in [0, 0.1) is 0 Å². The lowest BCUT2D eigenvalue weighted by Crippen LogP contribution is -2.41. The van der Waals surface area contributed by atoms with Gasteiger partial charge in [0.25, 0.3) is 0 Å². The molecule has 6 rings (SSSR count). The minimum Gasteiger partial charge on any atom is -0.449 e. The van der Waals surface area contributed by atoms with Crippen molar-refractivity contribution in [3.63, 3.8) is 0 Å². The number of hydrogen-bond acceptors (Lipinski definition) is 7. The van der Waals surface area contributed by atoms with Gasteiger partial charge in [0, 0.05) is 24.2 Å². The Morgan fingerprint density at radius 3 is 2.26 bits per heavy atom. The summed E-state index contributed by atoms with van der Waals surface area (Å²) in [4.78, 5) is 13.0. The maximum atomic E-state index is 13.0. The molecule has 0 spiro atoms. The molecule has 2 aromatic heterocycles. The van der Waals surface area contributed by atoms with Crippen molar-refractivity contribution < 1.29 is 18.8 Å². The Kier molecular flexibility index (Phi) is 7.38. The first-order valence-corrected chi connectivity index (χ1v) is 14.2. The average Bonchev–Trinajstić information content (AvgIpc) is 3.62. The number of fused-ring (bicyclic) bond motifs is 3. The molecule has 11 heteroatoms. The van der Waals surface area contributed by atoms with Gasteiger partial charge in [-0.2, -0.15) is 5.10 Å². The molecule has 1 aliphatic heterocycles.